The Balaban J connectivity index is 2.45. The Morgan fingerprint density at radius 2 is 2.25 bits per heavy atom. The SMILES string of the molecule is O=[N+]([O-])C1=C/CS(=O)(=O)CC2SC=C\C2=C\1. The second kappa shape index (κ2) is 4.06. The van der Waals surface area contributed by atoms with E-state index in [1.54, 1.807) is 11.5 Å². The van der Waals surface area contributed by atoms with Crippen LogP contribution in [-0.2, 0) is 9.84 Å². The lowest BCUT2D eigenvalue weighted by Gasteiger charge is -2.12. The highest BCUT2D eigenvalue weighted by atomic mass is 32.2. The number of rotatable bonds is 1. The van der Waals surface area contributed by atoms with Gasteiger partial charge >= 0.3 is 0 Å². The van der Waals surface area contributed by atoms with Crippen molar-refractivity contribution in [1.29, 1.82) is 0 Å². The third-order valence-electron chi connectivity index (χ3n) is 2.35. The second-order valence-electron chi connectivity index (χ2n) is 3.53. The molecular weight excluding hydrogens is 250 g/mol. The Labute approximate surface area is 97.0 Å². The molecule has 1 unspecified atom stereocenters. The summed E-state index contributed by atoms with van der Waals surface area (Å²) in [6, 6.07) is 0. The molecule has 16 heavy (non-hydrogen) atoms. The molecule has 0 aliphatic carbocycles. The number of hydrogen-bond acceptors (Lipinski definition) is 5. The molecule has 0 amide bonds. The highest BCUT2D eigenvalue weighted by molar-refractivity contribution is 8.04. The standard InChI is InChI=1S/C9H9NO4S2/c11-10(12)8-2-4-16(13,14)6-9-7(5-8)1-3-15-9/h1-3,5,9H,4,6H2/b7-5-,8-2+. The number of fused-ring (bicyclic) bond motifs is 1. The van der Waals surface area contributed by atoms with Crippen molar-refractivity contribution in [2.45, 2.75) is 5.25 Å². The van der Waals surface area contributed by atoms with E-state index < -0.39 is 14.8 Å². The van der Waals surface area contributed by atoms with Gasteiger partial charge in [0.05, 0.1) is 16.4 Å². The Bertz CT molecular complexity index is 516. The second-order valence-corrected chi connectivity index (χ2v) is 6.80. The Morgan fingerprint density at radius 1 is 1.50 bits per heavy atom. The zero-order valence-corrected chi connectivity index (χ0v) is 9.83. The van der Waals surface area contributed by atoms with Crippen molar-refractivity contribution in [3.8, 4) is 0 Å². The van der Waals surface area contributed by atoms with E-state index in [1.807, 2.05) is 0 Å². The molecule has 1 atom stereocenters. The van der Waals surface area contributed by atoms with Crippen molar-refractivity contribution in [3.63, 3.8) is 0 Å². The van der Waals surface area contributed by atoms with E-state index in [0.717, 1.165) is 6.08 Å². The average Bonchev–Trinajstić information content (AvgIpc) is 2.55. The summed E-state index contributed by atoms with van der Waals surface area (Å²) in [5.74, 6) is -0.220. The Hall–Kier alpha value is -1.08. The first-order valence-corrected chi connectivity index (χ1v) is 7.33. The molecule has 0 N–H and O–H groups in total. The molecule has 0 aromatic carbocycles. The minimum absolute atomic E-state index is 0.0397. The van der Waals surface area contributed by atoms with Gasteiger partial charge in [-0.25, -0.2) is 8.42 Å². The van der Waals surface area contributed by atoms with Gasteiger partial charge in [-0.05, 0) is 11.0 Å². The summed E-state index contributed by atoms with van der Waals surface area (Å²) in [6.07, 6.45) is 4.35. The van der Waals surface area contributed by atoms with Crippen LogP contribution in [0.15, 0.2) is 34.9 Å². The Kier molecular flexibility index (Phi) is 2.90. The van der Waals surface area contributed by atoms with E-state index >= 15 is 0 Å². The van der Waals surface area contributed by atoms with E-state index in [2.05, 4.69) is 0 Å². The van der Waals surface area contributed by atoms with E-state index in [0.29, 0.717) is 5.57 Å². The van der Waals surface area contributed by atoms with Crippen molar-refractivity contribution in [3.05, 3.63) is 45.0 Å². The molecule has 0 radical (unpaired) electrons. The van der Waals surface area contributed by atoms with E-state index in [-0.39, 0.29) is 22.5 Å². The van der Waals surface area contributed by atoms with Crippen molar-refractivity contribution in [1.82, 2.24) is 0 Å². The van der Waals surface area contributed by atoms with E-state index in [9.17, 15) is 18.5 Å². The highest BCUT2D eigenvalue weighted by Crippen LogP contribution is 2.32. The third kappa shape index (κ3) is 2.35. The molecule has 2 aliphatic heterocycles. The fourth-order valence-corrected chi connectivity index (χ4v) is 4.42. The number of nitro groups is 1. The number of nitrogens with zero attached hydrogens (tertiary/aromatic N) is 1. The third-order valence-corrected chi connectivity index (χ3v) is 5.14. The van der Waals surface area contributed by atoms with Crippen LogP contribution in [0.2, 0.25) is 0 Å². The summed E-state index contributed by atoms with van der Waals surface area (Å²) in [5, 5.41) is 12.3. The van der Waals surface area contributed by atoms with Gasteiger partial charge in [-0.15, -0.1) is 11.8 Å². The van der Waals surface area contributed by atoms with Crippen molar-refractivity contribution in [2.75, 3.05) is 11.5 Å². The number of thioether (sulfide) groups is 1. The normalized spacial score (nSPS) is 33.9. The summed E-state index contributed by atoms with van der Waals surface area (Å²) in [4.78, 5) is 10.1. The maximum atomic E-state index is 11.6. The summed E-state index contributed by atoms with van der Waals surface area (Å²) >= 11 is 1.39. The lowest BCUT2D eigenvalue weighted by atomic mass is 10.1. The lowest BCUT2D eigenvalue weighted by molar-refractivity contribution is -0.419. The van der Waals surface area contributed by atoms with Crippen molar-refractivity contribution in [2.24, 2.45) is 0 Å². The Morgan fingerprint density at radius 3 is 2.94 bits per heavy atom. The quantitative estimate of drug-likeness (QED) is 0.521. The first kappa shape index (κ1) is 11.4. The van der Waals surface area contributed by atoms with Gasteiger partial charge in [-0.1, -0.05) is 6.08 Å². The maximum Gasteiger partial charge on any atom is 0.266 e. The first-order chi connectivity index (χ1) is 7.48. The van der Waals surface area contributed by atoms with E-state index in [1.165, 1.54) is 17.8 Å². The molecule has 2 aliphatic rings. The molecule has 2 rings (SSSR count). The van der Waals surface area contributed by atoms with Crippen molar-refractivity contribution < 1.29 is 13.3 Å². The molecule has 2 heterocycles. The molecule has 0 saturated heterocycles. The van der Waals surface area contributed by atoms with Gasteiger partial charge in [-0.2, -0.15) is 0 Å². The topological polar surface area (TPSA) is 77.3 Å². The predicted octanol–water partition coefficient (Wildman–Crippen LogP) is 1.13. The van der Waals surface area contributed by atoms with Gasteiger partial charge in [-0.3, -0.25) is 10.1 Å². The fourth-order valence-electron chi connectivity index (χ4n) is 1.54. The van der Waals surface area contributed by atoms with Crippen LogP contribution < -0.4 is 0 Å². The molecule has 0 aromatic rings. The highest BCUT2D eigenvalue weighted by Gasteiger charge is 2.28. The minimum Gasteiger partial charge on any atom is -0.258 e. The first-order valence-electron chi connectivity index (χ1n) is 4.56. The summed E-state index contributed by atoms with van der Waals surface area (Å²) < 4.78 is 23.2. The van der Waals surface area contributed by atoms with Crippen LogP contribution in [0.1, 0.15) is 0 Å². The van der Waals surface area contributed by atoms with Gasteiger partial charge < -0.3 is 0 Å². The number of hydrogen-bond donors (Lipinski definition) is 0. The van der Waals surface area contributed by atoms with Crippen LogP contribution in [-0.4, -0.2) is 30.1 Å². The molecule has 7 heteroatoms. The summed E-state index contributed by atoms with van der Waals surface area (Å²) in [6.45, 7) is 0. The van der Waals surface area contributed by atoms with Crippen LogP contribution in [0.3, 0.4) is 0 Å². The molecule has 0 bridgehead atoms. The monoisotopic (exact) mass is 259 g/mol. The lowest BCUT2D eigenvalue weighted by Crippen LogP contribution is -2.22. The molecular formula is C9H9NO4S2. The van der Waals surface area contributed by atoms with Gasteiger partial charge in [0.2, 0.25) is 0 Å². The van der Waals surface area contributed by atoms with Gasteiger partial charge in [0, 0.05) is 17.4 Å². The molecule has 0 saturated carbocycles. The zero-order valence-electron chi connectivity index (χ0n) is 8.20. The number of sulfone groups is 1. The maximum absolute atomic E-state index is 11.6. The number of allylic oxidation sites excluding steroid dienone is 2. The van der Waals surface area contributed by atoms with Crippen LogP contribution in [0, 0.1) is 10.1 Å². The minimum atomic E-state index is -3.25. The average molecular weight is 259 g/mol. The predicted molar refractivity (Wildman–Crippen MR) is 62.3 cm³/mol. The molecule has 5 nitrogen and oxygen atoms in total. The molecule has 0 spiro atoms. The molecule has 0 fully saturated rings. The van der Waals surface area contributed by atoms with Crippen LogP contribution in [0.25, 0.3) is 0 Å². The fraction of sp³-hybridized carbons (Fsp3) is 0.333. The van der Waals surface area contributed by atoms with E-state index in [4.69, 9.17) is 0 Å². The zero-order chi connectivity index (χ0) is 11.8. The van der Waals surface area contributed by atoms with Crippen LogP contribution in [0.5, 0.6) is 0 Å². The molecule has 0 aromatic heterocycles. The van der Waals surface area contributed by atoms with Crippen molar-refractivity contribution >= 4 is 21.6 Å². The van der Waals surface area contributed by atoms with Gasteiger partial charge in [0.15, 0.2) is 9.84 Å². The smallest absolute Gasteiger partial charge is 0.258 e. The van der Waals surface area contributed by atoms with Crippen LogP contribution in [0.4, 0.5) is 0 Å². The largest absolute Gasteiger partial charge is 0.266 e. The van der Waals surface area contributed by atoms with Crippen LogP contribution >= 0.6 is 11.8 Å². The van der Waals surface area contributed by atoms with Gasteiger partial charge in [0.25, 0.3) is 5.70 Å². The summed E-state index contributed by atoms with van der Waals surface area (Å²) in [5.41, 5.74) is 0.562. The molecule has 86 valence electrons. The summed E-state index contributed by atoms with van der Waals surface area (Å²) in [7, 11) is -3.25. The van der Waals surface area contributed by atoms with Gasteiger partial charge in [0.1, 0.15) is 0 Å².